The predicted octanol–water partition coefficient (Wildman–Crippen LogP) is 24.8. The van der Waals surface area contributed by atoms with Gasteiger partial charge in [0.05, 0.1) is 22.4 Å². The molecule has 0 bridgehead atoms. The Balaban J connectivity index is 1.04. The SMILES string of the molecule is CC(C)(C)c1cc(-c2cc(-c3cc(C(C)(C)C)cc(C(C)(C)C)c3)nc(-c3cc4c5c(c3)-n3c6cc(-c7ccccc7)cc(-c7ccccc7)c6c6c(C7CCCCC7)ccc(c63)B5c3ccc(C5CCCCC5)c5c6c(-c7ccccc7)cc(-c7ccccc7)cc6n-4c35)n2)cc(C(C)(C)C)c1. The van der Waals surface area contributed by atoms with Crippen molar-refractivity contribution in [1.82, 2.24) is 19.1 Å². The van der Waals surface area contributed by atoms with E-state index in [-0.39, 0.29) is 28.4 Å². The number of hydrogen-bond donors (Lipinski definition) is 0. The maximum absolute atomic E-state index is 6.07. The molecule has 18 rings (SSSR count). The molecule has 3 aromatic heterocycles. The van der Waals surface area contributed by atoms with Crippen molar-refractivity contribution in [3.8, 4) is 89.8 Å². The van der Waals surface area contributed by atoms with Gasteiger partial charge in [-0.15, -0.1) is 0 Å². The molecule has 4 nitrogen and oxygen atoms in total. The lowest BCUT2D eigenvalue weighted by molar-refractivity contribution is 0.445. The first-order valence-corrected chi connectivity index (χ1v) is 38.5. The summed E-state index contributed by atoms with van der Waals surface area (Å²) in [7, 11) is 0. The molecule has 11 aromatic carbocycles. The third-order valence-corrected chi connectivity index (χ3v) is 24.1. The lowest BCUT2D eigenvalue weighted by Gasteiger charge is -2.35. The topological polar surface area (TPSA) is 35.6 Å². The van der Waals surface area contributed by atoms with Gasteiger partial charge in [0, 0.05) is 60.6 Å². The van der Waals surface area contributed by atoms with Crippen LogP contribution in [0.25, 0.3) is 133 Å². The number of nitrogens with zero attached hydrogens (tertiary/aromatic N) is 4. The molecule has 0 atom stereocenters. The van der Waals surface area contributed by atoms with Gasteiger partial charge in [-0.3, -0.25) is 0 Å². The van der Waals surface area contributed by atoms with Gasteiger partial charge in [-0.25, -0.2) is 9.97 Å². The van der Waals surface area contributed by atoms with E-state index in [9.17, 15) is 0 Å². The minimum atomic E-state index is -0.118. The van der Waals surface area contributed by atoms with E-state index in [1.165, 1.54) is 213 Å². The zero-order chi connectivity index (χ0) is 70.6. The van der Waals surface area contributed by atoms with E-state index in [1.54, 1.807) is 0 Å². The van der Waals surface area contributed by atoms with E-state index in [2.05, 4.69) is 317 Å². The van der Waals surface area contributed by atoms with E-state index in [0.29, 0.717) is 17.7 Å². The van der Waals surface area contributed by atoms with Gasteiger partial charge in [0.1, 0.15) is 0 Å². The maximum atomic E-state index is 6.07. The summed E-state index contributed by atoms with van der Waals surface area (Å²) in [5.74, 6) is 1.59. The standard InChI is InChI=1S/C98H95BN4/c1-95(2,3)71-47-68(48-72(57-71)96(4,5)6)81-59-82(69-49-73(97(7,8)9)58-74(50-69)98(10,11)12)101-94(100-81)70-55-85-91-86(56-70)103-84-54-67(61-33-21-14-22-34-61)52-78(65-41-29-18-30-42-65)88(84)90-76(63-37-25-16-26-38-63)44-46-80(93(90)103)99(91)79-45-43-75(62-35-23-15-24-36-62)89-87-77(64-39-27-17-28-40-64)51-66(60-31-19-13-20-32-60)53-83(87)102(85)92(79)89/h13-14,17-22,27-34,39-59,62-63H,15-16,23-26,35-38H2,1-12H3. The van der Waals surface area contributed by atoms with Gasteiger partial charge < -0.3 is 9.13 Å². The largest absolute Gasteiger partial charge is 0.310 e. The first-order valence-electron chi connectivity index (χ1n) is 38.5. The third kappa shape index (κ3) is 11.1. The highest BCUT2D eigenvalue weighted by molar-refractivity contribution is 7.00. The number of rotatable bonds is 9. The van der Waals surface area contributed by atoms with Gasteiger partial charge in [0.25, 0.3) is 6.71 Å². The van der Waals surface area contributed by atoms with Crippen molar-refractivity contribution in [3.05, 3.63) is 258 Å². The molecule has 103 heavy (non-hydrogen) atoms. The molecule has 2 fully saturated rings. The van der Waals surface area contributed by atoms with Crippen LogP contribution in [0.15, 0.2) is 224 Å². The smallest absolute Gasteiger partial charge is 0.252 e. The molecule has 510 valence electrons. The van der Waals surface area contributed by atoms with Crippen molar-refractivity contribution >= 4 is 66.7 Å². The van der Waals surface area contributed by atoms with Gasteiger partial charge in [-0.05, 0) is 220 Å². The highest BCUT2D eigenvalue weighted by Crippen LogP contribution is 2.52. The molecule has 14 aromatic rings. The van der Waals surface area contributed by atoms with E-state index < -0.39 is 0 Å². The van der Waals surface area contributed by atoms with Crippen LogP contribution in [-0.4, -0.2) is 25.8 Å². The first kappa shape index (κ1) is 65.2. The molecule has 4 aliphatic rings. The molecule has 2 saturated carbocycles. The van der Waals surface area contributed by atoms with Crippen LogP contribution in [0, 0.1) is 0 Å². The van der Waals surface area contributed by atoms with E-state index in [4.69, 9.17) is 9.97 Å². The van der Waals surface area contributed by atoms with Crippen LogP contribution in [0.4, 0.5) is 0 Å². The Kier molecular flexibility index (Phi) is 15.4. The van der Waals surface area contributed by atoms with E-state index in [0.717, 1.165) is 28.1 Å². The second-order valence-corrected chi connectivity index (χ2v) is 35.0. The van der Waals surface area contributed by atoms with Crippen molar-refractivity contribution in [3.63, 3.8) is 0 Å². The van der Waals surface area contributed by atoms with Crippen LogP contribution >= 0.6 is 0 Å². The average Bonchev–Trinajstić information content (AvgIpc) is 1.53. The van der Waals surface area contributed by atoms with Crippen LogP contribution in [-0.2, 0) is 21.7 Å². The minimum absolute atomic E-state index is 0.101. The Labute approximate surface area is 610 Å². The fourth-order valence-electron chi connectivity index (χ4n) is 18.4. The lowest BCUT2D eigenvalue weighted by atomic mass is 9.34. The van der Waals surface area contributed by atoms with Crippen molar-refractivity contribution in [2.45, 2.75) is 181 Å². The zero-order valence-corrected chi connectivity index (χ0v) is 62.5. The number of hydrogen-bond acceptors (Lipinski definition) is 2. The summed E-state index contributed by atoms with van der Waals surface area (Å²) in [6.45, 7) is 28.1. The van der Waals surface area contributed by atoms with Crippen LogP contribution in [0.1, 0.15) is 193 Å². The molecule has 0 amide bonds. The summed E-state index contributed by atoms with van der Waals surface area (Å²) in [6.07, 6.45) is 12.3. The summed E-state index contributed by atoms with van der Waals surface area (Å²) in [6, 6.07) is 87.6. The van der Waals surface area contributed by atoms with E-state index in [1.807, 2.05) is 0 Å². The van der Waals surface area contributed by atoms with Crippen molar-refractivity contribution in [2.24, 2.45) is 0 Å². The van der Waals surface area contributed by atoms with Crippen LogP contribution in [0.3, 0.4) is 0 Å². The molecule has 0 unspecified atom stereocenters. The van der Waals surface area contributed by atoms with Crippen molar-refractivity contribution in [2.75, 3.05) is 0 Å². The van der Waals surface area contributed by atoms with Crippen LogP contribution in [0.5, 0.6) is 0 Å². The van der Waals surface area contributed by atoms with Gasteiger partial charge in [0.2, 0.25) is 0 Å². The molecule has 0 spiro atoms. The highest BCUT2D eigenvalue weighted by Gasteiger charge is 2.44. The summed E-state index contributed by atoms with van der Waals surface area (Å²) in [4.78, 5) is 12.1. The summed E-state index contributed by atoms with van der Waals surface area (Å²) in [5.41, 5.74) is 34.2. The molecule has 2 aliphatic carbocycles. The number of fused-ring (bicyclic) bond motifs is 10. The normalized spacial score (nSPS) is 15.1. The zero-order valence-electron chi connectivity index (χ0n) is 62.5. The molecule has 0 N–H and O–H groups in total. The Morgan fingerprint density at radius 3 is 1.01 bits per heavy atom. The minimum Gasteiger partial charge on any atom is -0.310 e. The molecule has 2 aliphatic heterocycles. The van der Waals surface area contributed by atoms with Gasteiger partial charge in [0.15, 0.2) is 5.82 Å². The average molecular weight is 1340 g/mol. The molecule has 5 heteroatoms. The second kappa shape index (κ2) is 24.4. The lowest BCUT2D eigenvalue weighted by Crippen LogP contribution is -2.59. The first-order chi connectivity index (χ1) is 49.6. The van der Waals surface area contributed by atoms with Gasteiger partial charge in [-0.1, -0.05) is 279 Å². The van der Waals surface area contributed by atoms with Crippen LogP contribution < -0.4 is 16.4 Å². The Bertz CT molecular complexity index is 5300. The molecular formula is C98H95BN4. The highest BCUT2D eigenvalue weighted by atomic mass is 15.0. The Morgan fingerprint density at radius 1 is 0.311 bits per heavy atom. The third-order valence-electron chi connectivity index (χ3n) is 24.1. The van der Waals surface area contributed by atoms with Gasteiger partial charge >= 0.3 is 0 Å². The van der Waals surface area contributed by atoms with Crippen molar-refractivity contribution < 1.29 is 0 Å². The fraction of sp³-hybridized carbons (Fsp3) is 0.286. The fourth-order valence-corrected chi connectivity index (χ4v) is 18.4. The second-order valence-electron chi connectivity index (χ2n) is 35.0. The molecular weight excluding hydrogens is 1240 g/mol. The predicted molar refractivity (Wildman–Crippen MR) is 440 cm³/mol. The van der Waals surface area contributed by atoms with Gasteiger partial charge in [-0.2, -0.15) is 0 Å². The molecule has 0 radical (unpaired) electrons. The number of aromatic nitrogens is 4. The number of benzene rings is 11. The summed E-state index contributed by atoms with van der Waals surface area (Å²) in [5, 5.41) is 5.51. The Morgan fingerprint density at radius 2 is 0.660 bits per heavy atom. The Hall–Kier alpha value is -9.84. The van der Waals surface area contributed by atoms with Crippen molar-refractivity contribution in [1.29, 1.82) is 0 Å². The summed E-state index contributed by atoms with van der Waals surface area (Å²) >= 11 is 0. The molecule has 5 heterocycles. The quantitative estimate of drug-likeness (QED) is 0.135. The van der Waals surface area contributed by atoms with E-state index >= 15 is 0 Å². The summed E-state index contributed by atoms with van der Waals surface area (Å²) < 4.78 is 5.55. The van der Waals surface area contributed by atoms with Crippen LogP contribution in [0.2, 0.25) is 0 Å². The maximum Gasteiger partial charge on any atom is 0.252 e. The molecule has 0 saturated heterocycles. The monoisotopic (exact) mass is 1340 g/mol.